The van der Waals surface area contributed by atoms with Gasteiger partial charge in [-0.2, -0.15) is 0 Å². The maximum atomic E-state index is 14.0. The van der Waals surface area contributed by atoms with Crippen LogP contribution in [0.2, 0.25) is 5.15 Å². The van der Waals surface area contributed by atoms with Crippen LogP contribution in [-0.4, -0.2) is 54.3 Å². The van der Waals surface area contributed by atoms with Crippen molar-refractivity contribution in [2.75, 3.05) is 39.5 Å². The molecule has 7 heteroatoms. The van der Waals surface area contributed by atoms with Crippen LogP contribution >= 0.6 is 11.6 Å². The average molecular weight is 312 g/mol. The molecule has 5 nitrogen and oxygen atoms in total. The summed E-state index contributed by atoms with van der Waals surface area (Å²) >= 11 is 5.99. The minimum atomic E-state index is -0.445. The van der Waals surface area contributed by atoms with Crippen molar-refractivity contribution in [3.8, 4) is 5.75 Å². The highest BCUT2D eigenvalue weighted by atomic mass is 35.5. The molecule has 0 spiro atoms. The van der Waals surface area contributed by atoms with Crippen LogP contribution in [-0.2, 0) is 4.74 Å². The lowest BCUT2D eigenvalue weighted by molar-refractivity contribution is 0.0320. The highest BCUT2D eigenvalue weighted by Gasteiger charge is 2.12. The molecule has 0 radical (unpaired) electrons. The third kappa shape index (κ3) is 3.40. The fourth-order valence-corrected chi connectivity index (χ4v) is 2.44. The van der Waals surface area contributed by atoms with Crippen molar-refractivity contribution in [1.82, 2.24) is 14.9 Å². The van der Waals surface area contributed by atoms with Gasteiger partial charge in [-0.15, -0.1) is 0 Å². The molecule has 3 rings (SSSR count). The van der Waals surface area contributed by atoms with Gasteiger partial charge in [0.05, 0.1) is 18.7 Å². The number of aromatic nitrogens is 2. The molecule has 112 valence electrons. The first-order chi connectivity index (χ1) is 10.2. The fourth-order valence-electron chi connectivity index (χ4n) is 2.25. The largest absolute Gasteiger partial charge is 0.489 e. The highest BCUT2D eigenvalue weighted by molar-refractivity contribution is 6.34. The van der Waals surface area contributed by atoms with Crippen molar-refractivity contribution in [3.63, 3.8) is 0 Å². The van der Waals surface area contributed by atoms with Crippen molar-refractivity contribution in [3.05, 3.63) is 29.4 Å². The van der Waals surface area contributed by atoms with E-state index in [1.54, 1.807) is 6.07 Å². The number of benzene rings is 1. The first kappa shape index (κ1) is 14.4. The zero-order valence-corrected chi connectivity index (χ0v) is 12.1. The highest BCUT2D eigenvalue weighted by Crippen LogP contribution is 2.27. The van der Waals surface area contributed by atoms with Gasteiger partial charge in [-0.05, 0) is 6.07 Å². The van der Waals surface area contributed by atoms with Crippen LogP contribution in [0.15, 0.2) is 18.5 Å². The number of hydrogen-bond donors (Lipinski definition) is 0. The molecule has 0 atom stereocenters. The van der Waals surface area contributed by atoms with E-state index in [2.05, 4.69) is 14.9 Å². The van der Waals surface area contributed by atoms with Gasteiger partial charge in [-0.3, -0.25) is 4.90 Å². The maximum absolute atomic E-state index is 14.0. The molecule has 0 saturated carbocycles. The summed E-state index contributed by atoms with van der Waals surface area (Å²) in [5, 5.41) is 0.875. The smallest absolute Gasteiger partial charge is 0.167 e. The Morgan fingerprint density at radius 1 is 1.29 bits per heavy atom. The van der Waals surface area contributed by atoms with Gasteiger partial charge in [0.1, 0.15) is 18.1 Å². The zero-order chi connectivity index (χ0) is 14.7. The summed E-state index contributed by atoms with van der Waals surface area (Å²) in [5.74, 6) is -0.272. The Bertz CT molecular complexity index is 635. The number of ether oxygens (including phenoxy) is 2. The van der Waals surface area contributed by atoms with Gasteiger partial charge in [0.25, 0.3) is 0 Å². The molecule has 0 bridgehead atoms. The third-order valence-corrected chi connectivity index (χ3v) is 3.71. The number of hydrogen-bond acceptors (Lipinski definition) is 5. The minimum absolute atomic E-state index is 0.174. The van der Waals surface area contributed by atoms with E-state index in [9.17, 15) is 4.39 Å². The number of rotatable bonds is 4. The van der Waals surface area contributed by atoms with Gasteiger partial charge >= 0.3 is 0 Å². The van der Waals surface area contributed by atoms with Gasteiger partial charge in [0.2, 0.25) is 0 Å². The summed E-state index contributed by atoms with van der Waals surface area (Å²) in [6.07, 6.45) is 1.31. The van der Waals surface area contributed by atoms with Crippen LogP contribution in [0.5, 0.6) is 5.75 Å². The molecule has 0 unspecified atom stereocenters. The van der Waals surface area contributed by atoms with Crippen molar-refractivity contribution in [2.45, 2.75) is 0 Å². The van der Waals surface area contributed by atoms with Gasteiger partial charge in [-0.1, -0.05) is 11.6 Å². The van der Waals surface area contributed by atoms with Crippen molar-refractivity contribution < 1.29 is 13.9 Å². The molecule has 1 aliphatic heterocycles. The van der Waals surface area contributed by atoms with Crippen LogP contribution in [0.4, 0.5) is 4.39 Å². The number of morpholine rings is 1. The lowest BCUT2D eigenvalue weighted by atomic mass is 10.2. The molecule has 1 fully saturated rings. The van der Waals surface area contributed by atoms with E-state index < -0.39 is 5.82 Å². The van der Waals surface area contributed by atoms with Crippen LogP contribution < -0.4 is 4.74 Å². The van der Waals surface area contributed by atoms with E-state index >= 15 is 0 Å². The number of halogens is 2. The Morgan fingerprint density at radius 2 is 2.10 bits per heavy atom. The Kier molecular flexibility index (Phi) is 4.48. The monoisotopic (exact) mass is 311 g/mol. The van der Waals surface area contributed by atoms with E-state index in [1.165, 1.54) is 12.4 Å². The second-order valence-electron chi connectivity index (χ2n) is 4.77. The van der Waals surface area contributed by atoms with Crippen LogP contribution in [0.1, 0.15) is 0 Å². The Labute approximate surface area is 126 Å². The summed E-state index contributed by atoms with van der Waals surface area (Å²) in [4.78, 5) is 10.1. The SMILES string of the molecule is Fc1cc2ncnc(Cl)c2cc1OCCN1CCOCC1. The van der Waals surface area contributed by atoms with E-state index in [0.29, 0.717) is 17.5 Å². The second kappa shape index (κ2) is 6.51. The lowest BCUT2D eigenvalue weighted by Gasteiger charge is -2.26. The van der Waals surface area contributed by atoms with E-state index in [-0.39, 0.29) is 10.9 Å². The normalized spacial score (nSPS) is 16.3. The van der Waals surface area contributed by atoms with E-state index in [4.69, 9.17) is 21.1 Å². The molecule has 0 N–H and O–H groups in total. The van der Waals surface area contributed by atoms with Gasteiger partial charge in [-0.25, -0.2) is 14.4 Å². The molecular weight excluding hydrogens is 297 g/mol. The minimum Gasteiger partial charge on any atom is -0.489 e. The number of nitrogens with zero attached hydrogens (tertiary/aromatic N) is 3. The van der Waals surface area contributed by atoms with Gasteiger partial charge in [0.15, 0.2) is 11.6 Å². The molecule has 1 aromatic carbocycles. The van der Waals surface area contributed by atoms with Crippen molar-refractivity contribution in [2.24, 2.45) is 0 Å². The van der Waals surface area contributed by atoms with Crippen LogP contribution in [0, 0.1) is 5.82 Å². The molecule has 1 saturated heterocycles. The Morgan fingerprint density at radius 3 is 2.90 bits per heavy atom. The Balaban J connectivity index is 1.68. The molecular formula is C14H15ClFN3O2. The molecule has 1 aliphatic rings. The van der Waals surface area contributed by atoms with Gasteiger partial charge < -0.3 is 9.47 Å². The number of fused-ring (bicyclic) bond motifs is 1. The summed E-state index contributed by atoms with van der Waals surface area (Å²) in [7, 11) is 0. The zero-order valence-electron chi connectivity index (χ0n) is 11.4. The quantitative estimate of drug-likeness (QED) is 0.810. The summed E-state index contributed by atoms with van der Waals surface area (Å²) < 4.78 is 24.8. The average Bonchev–Trinajstić information content (AvgIpc) is 2.50. The van der Waals surface area contributed by atoms with E-state index in [1.807, 2.05) is 0 Å². The third-order valence-electron chi connectivity index (χ3n) is 3.41. The lowest BCUT2D eigenvalue weighted by Crippen LogP contribution is -2.38. The van der Waals surface area contributed by atoms with Crippen molar-refractivity contribution in [1.29, 1.82) is 0 Å². The predicted molar refractivity (Wildman–Crippen MR) is 77.3 cm³/mol. The fraction of sp³-hybridized carbons (Fsp3) is 0.429. The predicted octanol–water partition coefficient (Wildman–Crippen LogP) is 2.13. The molecule has 2 heterocycles. The Hall–Kier alpha value is -1.50. The van der Waals surface area contributed by atoms with Gasteiger partial charge in [0, 0.05) is 31.1 Å². The molecule has 1 aromatic heterocycles. The molecule has 21 heavy (non-hydrogen) atoms. The second-order valence-corrected chi connectivity index (χ2v) is 5.12. The standard InChI is InChI=1S/C14H15ClFN3O2/c15-14-10-7-13(11(16)8-12(10)17-9-18-14)21-6-3-19-1-4-20-5-2-19/h7-9H,1-6H2. The first-order valence-electron chi connectivity index (χ1n) is 6.77. The maximum Gasteiger partial charge on any atom is 0.167 e. The van der Waals surface area contributed by atoms with Crippen LogP contribution in [0.25, 0.3) is 10.9 Å². The van der Waals surface area contributed by atoms with E-state index in [0.717, 1.165) is 32.8 Å². The molecule has 0 amide bonds. The van der Waals surface area contributed by atoms with Crippen molar-refractivity contribution >= 4 is 22.5 Å². The first-order valence-corrected chi connectivity index (χ1v) is 7.14. The summed E-state index contributed by atoms with van der Waals surface area (Å²) in [6, 6.07) is 2.86. The molecule has 0 aliphatic carbocycles. The molecule has 2 aromatic rings. The summed E-state index contributed by atoms with van der Waals surface area (Å²) in [6.45, 7) is 4.37. The van der Waals surface area contributed by atoms with Crippen LogP contribution in [0.3, 0.4) is 0 Å². The topological polar surface area (TPSA) is 47.5 Å². The summed E-state index contributed by atoms with van der Waals surface area (Å²) in [5.41, 5.74) is 0.466.